The standard InChI is InChI=1S/C29H30FIN4O6/c1-3-5-14-40-23-12-10-22(11-13-23)34-28(37)29(38)35-32-17-19-15-24(31)27(25(16-19)39-4-2)41-18-26(36)33-21-8-6-20(30)7-9-21/h6-13,15-17H,3-5,14,18H2,1-2H3,(H,33,36)(H,34,37)(H,35,38)/b32-17-. The molecular formula is C29H30FIN4O6. The quantitative estimate of drug-likeness (QED) is 0.0760. The minimum absolute atomic E-state index is 0.305. The van der Waals surface area contributed by atoms with Crippen LogP contribution in [0.3, 0.4) is 0 Å². The Labute approximate surface area is 250 Å². The Morgan fingerprint density at radius 3 is 2.27 bits per heavy atom. The van der Waals surface area contributed by atoms with Gasteiger partial charge in [0.2, 0.25) is 0 Å². The van der Waals surface area contributed by atoms with Crippen LogP contribution in [0.1, 0.15) is 32.3 Å². The number of amides is 3. The molecule has 41 heavy (non-hydrogen) atoms. The summed E-state index contributed by atoms with van der Waals surface area (Å²) in [6, 6.07) is 15.4. The maximum absolute atomic E-state index is 13.1. The molecule has 0 heterocycles. The highest BCUT2D eigenvalue weighted by atomic mass is 127. The van der Waals surface area contributed by atoms with Gasteiger partial charge in [-0.05, 0) is 102 Å². The number of anilines is 2. The van der Waals surface area contributed by atoms with Crippen molar-refractivity contribution in [2.75, 3.05) is 30.5 Å². The van der Waals surface area contributed by atoms with E-state index in [0.717, 1.165) is 12.8 Å². The molecule has 0 aromatic heterocycles. The van der Waals surface area contributed by atoms with E-state index < -0.39 is 23.5 Å². The molecule has 3 aromatic carbocycles. The molecule has 0 aliphatic rings. The average molecular weight is 676 g/mol. The summed E-state index contributed by atoms with van der Waals surface area (Å²) < 4.78 is 30.6. The first-order chi connectivity index (χ1) is 19.8. The van der Waals surface area contributed by atoms with Crippen LogP contribution in [-0.2, 0) is 14.4 Å². The number of hydrogen-bond donors (Lipinski definition) is 3. The average Bonchev–Trinajstić information content (AvgIpc) is 2.95. The first kappa shape index (κ1) is 31.3. The number of nitrogens with zero attached hydrogens (tertiary/aromatic N) is 1. The number of halogens is 2. The molecule has 3 N–H and O–H groups in total. The molecule has 10 nitrogen and oxygen atoms in total. The third kappa shape index (κ3) is 10.4. The molecule has 0 spiro atoms. The summed E-state index contributed by atoms with van der Waals surface area (Å²) >= 11 is 2.02. The lowest BCUT2D eigenvalue weighted by atomic mass is 10.2. The number of nitrogens with one attached hydrogen (secondary N) is 3. The predicted molar refractivity (Wildman–Crippen MR) is 162 cm³/mol. The van der Waals surface area contributed by atoms with E-state index in [-0.39, 0.29) is 6.61 Å². The van der Waals surface area contributed by atoms with Crippen molar-refractivity contribution in [1.82, 2.24) is 5.43 Å². The van der Waals surface area contributed by atoms with Gasteiger partial charge in [0.15, 0.2) is 18.1 Å². The Hall–Kier alpha value is -4.20. The summed E-state index contributed by atoms with van der Waals surface area (Å²) in [4.78, 5) is 36.7. The lowest BCUT2D eigenvalue weighted by Gasteiger charge is -2.14. The van der Waals surface area contributed by atoms with Crippen molar-refractivity contribution in [1.29, 1.82) is 0 Å². The lowest BCUT2D eigenvalue weighted by molar-refractivity contribution is -0.136. The minimum atomic E-state index is -0.948. The molecule has 0 radical (unpaired) electrons. The summed E-state index contributed by atoms with van der Waals surface area (Å²) in [5.41, 5.74) is 3.62. The van der Waals surface area contributed by atoms with Crippen LogP contribution in [-0.4, -0.2) is 43.8 Å². The van der Waals surface area contributed by atoms with E-state index in [1.807, 2.05) is 22.6 Å². The van der Waals surface area contributed by atoms with Gasteiger partial charge in [-0.15, -0.1) is 0 Å². The maximum Gasteiger partial charge on any atom is 0.329 e. The third-order valence-electron chi connectivity index (χ3n) is 5.27. The van der Waals surface area contributed by atoms with Crippen LogP contribution in [0.15, 0.2) is 65.8 Å². The fourth-order valence-corrected chi connectivity index (χ4v) is 4.09. The number of carbonyl (C=O) groups excluding carboxylic acids is 3. The molecule has 0 fully saturated rings. The number of benzene rings is 3. The molecule has 0 saturated heterocycles. The zero-order valence-electron chi connectivity index (χ0n) is 22.5. The van der Waals surface area contributed by atoms with Crippen molar-refractivity contribution in [3.8, 4) is 17.2 Å². The monoisotopic (exact) mass is 676 g/mol. The third-order valence-corrected chi connectivity index (χ3v) is 6.07. The first-order valence-corrected chi connectivity index (χ1v) is 13.9. The lowest BCUT2D eigenvalue weighted by Crippen LogP contribution is -2.32. The van der Waals surface area contributed by atoms with Crippen LogP contribution in [0.2, 0.25) is 0 Å². The van der Waals surface area contributed by atoms with Crippen molar-refractivity contribution in [2.24, 2.45) is 5.10 Å². The van der Waals surface area contributed by atoms with E-state index in [1.165, 1.54) is 30.5 Å². The van der Waals surface area contributed by atoms with Gasteiger partial charge in [-0.25, -0.2) is 9.82 Å². The Balaban J connectivity index is 1.55. The molecule has 3 aromatic rings. The van der Waals surface area contributed by atoms with Crippen molar-refractivity contribution in [3.05, 3.63) is 75.6 Å². The Kier molecular flexibility index (Phi) is 12.3. The zero-order valence-corrected chi connectivity index (χ0v) is 24.7. The van der Waals surface area contributed by atoms with Crippen LogP contribution in [0.25, 0.3) is 0 Å². The molecule has 0 aliphatic heterocycles. The van der Waals surface area contributed by atoms with Gasteiger partial charge < -0.3 is 24.8 Å². The highest BCUT2D eigenvalue weighted by molar-refractivity contribution is 14.1. The van der Waals surface area contributed by atoms with Crippen LogP contribution in [0.4, 0.5) is 15.8 Å². The Bertz CT molecular complexity index is 1370. The van der Waals surface area contributed by atoms with Crippen LogP contribution < -0.4 is 30.3 Å². The molecule has 12 heteroatoms. The second-order valence-corrected chi connectivity index (χ2v) is 9.65. The summed E-state index contributed by atoms with van der Waals surface area (Å²) in [7, 11) is 0. The van der Waals surface area contributed by atoms with Crippen molar-refractivity contribution < 1.29 is 33.0 Å². The van der Waals surface area contributed by atoms with Gasteiger partial charge in [0.05, 0.1) is 23.0 Å². The number of unbranched alkanes of at least 4 members (excludes halogenated alkanes) is 1. The summed E-state index contributed by atoms with van der Waals surface area (Å²) in [6.07, 6.45) is 3.32. The number of carbonyl (C=O) groups is 3. The number of rotatable bonds is 13. The first-order valence-electron chi connectivity index (χ1n) is 12.8. The smallest absolute Gasteiger partial charge is 0.329 e. The van der Waals surface area contributed by atoms with E-state index in [4.69, 9.17) is 14.2 Å². The number of ether oxygens (including phenoxy) is 3. The van der Waals surface area contributed by atoms with Crippen LogP contribution in [0.5, 0.6) is 17.2 Å². The zero-order chi connectivity index (χ0) is 29.6. The number of hydrazone groups is 1. The molecule has 0 unspecified atom stereocenters. The minimum Gasteiger partial charge on any atom is -0.494 e. The van der Waals surface area contributed by atoms with Gasteiger partial charge in [0.25, 0.3) is 5.91 Å². The van der Waals surface area contributed by atoms with Crippen LogP contribution in [0, 0.1) is 9.39 Å². The second-order valence-electron chi connectivity index (χ2n) is 8.49. The normalized spacial score (nSPS) is 10.6. The van der Waals surface area contributed by atoms with E-state index in [9.17, 15) is 18.8 Å². The Morgan fingerprint density at radius 1 is 0.902 bits per heavy atom. The summed E-state index contributed by atoms with van der Waals surface area (Å²) in [5.74, 6) is -1.28. The topological polar surface area (TPSA) is 127 Å². The summed E-state index contributed by atoms with van der Waals surface area (Å²) in [6.45, 7) is 4.51. The highest BCUT2D eigenvalue weighted by Crippen LogP contribution is 2.34. The molecule has 0 aliphatic carbocycles. The van der Waals surface area contributed by atoms with Gasteiger partial charge in [-0.1, -0.05) is 13.3 Å². The molecule has 0 saturated carbocycles. The second kappa shape index (κ2) is 16.2. The van der Waals surface area contributed by atoms with E-state index in [2.05, 4.69) is 28.1 Å². The number of hydrogen-bond acceptors (Lipinski definition) is 7. The molecule has 0 atom stereocenters. The van der Waals surface area contributed by atoms with Gasteiger partial charge in [0, 0.05) is 11.4 Å². The molecule has 3 amide bonds. The van der Waals surface area contributed by atoms with Crippen molar-refractivity contribution in [3.63, 3.8) is 0 Å². The highest BCUT2D eigenvalue weighted by Gasteiger charge is 2.15. The van der Waals surface area contributed by atoms with Gasteiger partial charge in [-0.2, -0.15) is 5.10 Å². The maximum atomic E-state index is 13.1. The Morgan fingerprint density at radius 2 is 1.59 bits per heavy atom. The molecule has 216 valence electrons. The fourth-order valence-electron chi connectivity index (χ4n) is 3.31. The fraction of sp³-hybridized carbons (Fsp3) is 0.241. The predicted octanol–water partition coefficient (Wildman–Crippen LogP) is 5.11. The van der Waals surface area contributed by atoms with Gasteiger partial charge in [-0.3, -0.25) is 14.4 Å². The van der Waals surface area contributed by atoms with Gasteiger partial charge in [0.1, 0.15) is 11.6 Å². The largest absolute Gasteiger partial charge is 0.494 e. The molecular weight excluding hydrogens is 646 g/mol. The van der Waals surface area contributed by atoms with Crippen LogP contribution >= 0.6 is 22.6 Å². The van der Waals surface area contributed by atoms with Gasteiger partial charge >= 0.3 is 11.8 Å². The van der Waals surface area contributed by atoms with Crippen molar-refractivity contribution >= 4 is 57.9 Å². The summed E-state index contributed by atoms with van der Waals surface area (Å²) in [5, 5.41) is 8.99. The van der Waals surface area contributed by atoms with E-state index in [0.29, 0.717) is 51.0 Å². The van der Waals surface area contributed by atoms with E-state index >= 15 is 0 Å². The van der Waals surface area contributed by atoms with E-state index in [1.54, 1.807) is 43.3 Å². The molecule has 0 bridgehead atoms. The SMILES string of the molecule is CCCCOc1ccc(NC(=O)C(=O)N/N=C\c2cc(I)c(OCC(=O)Nc3ccc(F)cc3)c(OCC)c2)cc1. The molecule has 3 rings (SSSR count). The van der Waals surface area contributed by atoms with Crippen molar-refractivity contribution in [2.45, 2.75) is 26.7 Å².